The Morgan fingerprint density at radius 3 is 2.37 bits per heavy atom. The van der Waals surface area contributed by atoms with Crippen molar-refractivity contribution in [2.45, 2.75) is 19.0 Å². The van der Waals surface area contributed by atoms with E-state index in [1.54, 1.807) is 12.1 Å². The second kappa shape index (κ2) is 6.05. The first-order valence-corrected chi connectivity index (χ1v) is 10.2. The van der Waals surface area contributed by atoms with Crippen LogP contribution >= 0.6 is 0 Å². The lowest BCUT2D eigenvalue weighted by molar-refractivity contribution is -0.116. The van der Waals surface area contributed by atoms with Crippen LogP contribution in [0.25, 0.3) is 0 Å². The summed E-state index contributed by atoms with van der Waals surface area (Å²) in [7, 11) is -2.10. The molecule has 2 aromatic rings. The van der Waals surface area contributed by atoms with E-state index in [1.165, 1.54) is 13.2 Å². The Bertz CT molecular complexity index is 1050. The molecule has 2 unspecified atom stereocenters. The van der Waals surface area contributed by atoms with Gasteiger partial charge in [-0.3, -0.25) is 4.79 Å². The zero-order valence-electron chi connectivity index (χ0n) is 15.0. The van der Waals surface area contributed by atoms with Gasteiger partial charge in [-0.1, -0.05) is 0 Å². The quantitative estimate of drug-likeness (QED) is 0.690. The Hall–Kier alpha value is -2.94. The number of anilines is 3. The van der Waals surface area contributed by atoms with Gasteiger partial charge in [0.05, 0.1) is 30.7 Å². The Morgan fingerprint density at radius 2 is 1.70 bits per heavy atom. The van der Waals surface area contributed by atoms with Crippen molar-refractivity contribution in [2.24, 2.45) is 0 Å². The number of carbonyl (C=O) groups is 1. The molecule has 0 radical (unpaired) electrons. The molecule has 0 aromatic heterocycles. The van der Waals surface area contributed by atoms with E-state index in [0.29, 0.717) is 5.75 Å². The fraction of sp³-hybridized carbons (Fsp3) is 0.278. The highest BCUT2D eigenvalue weighted by Crippen LogP contribution is 2.45. The molecule has 2 aliphatic heterocycles. The Morgan fingerprint density at radius 1 is 1.00 bits per heavy atom. The maximum Gasteiger partial charge on any atom is 0.306 e. The third-order valence-corrected chi connectivity index (χ3v) is 5.17. The molecule has 4 rings (SSSR count). The van der Waals surface area contributed by atoms with Gasteiger partial charge in [0, 0.05) is 17.3 Å². The lowest BCUT2D eigenvalue weighted by Crippen LogP contribution is -2.14. The molecule has 27 heavy (non-hydrogen) atoms. The monoisotopic (exact) mass is 389 g/mol. The van der Waals surface area contributed by atoms with Gasteiger partial charge < -0.3 is 24.9 Å². The van der Waals surface area contributed by atoms with Gasteiger partial charge in [0.15, 0.2) is 0 Å². The van der Waals surface area contributed by atoms with E-state index in [-0.39, 0.29) is 23.7 Å². The molecule has 0 saturated carbocycles. The molecule has 3 N–H and O–H groups in total. The van der Waals surface area contributed by atoms with E-state index >= 15 is 0 Å². The number of benzene rings is 2. The van der Waals surface area contributed by atoms with Crippen LogP contribution in [-0.4, -0.2) is 27.7 Å². The highest BCUT2D eigenvalue weighted by Gasteiger charge is 2.31. The number of hydrogen-bond donors (Lipinski definition) is 3. The van der Waals surface area contributed by atoms with Crippen molar-refractivity contribution in [3.63, 3.8) is 0 Å². The third-order valence-electron chi connectivity index (χ3n) is 4.67. The summed E-state index contributed by atoms with van der Waals surface area (Å²) >= 11 is 0. The van der Waals surface area contributed by atoms with Crippen LogP contribution < -0.4 is 24.9 Å². The minimum Gasteiger partial charge on any atom is -0.496 e. The summed E-state index contributed by atoms with van der Waals surface area (Å²) in [6.07, 6.45) is 0.721. The number of ether oxygens (including phenoxy) is 1. The van der Waals surface area contributed by atoms with E-state index < -0.39 is 10.1 Å². The maximum absolute atomic E-state index is 11.8. The van der Waals surface area contributed by atoms with Crippen LogP contribution in [0.3, 0.4) is 0 Å². The molecule has 2 atom stereocenters. The van der Waals surface area contributed by atoms with Crippen LogP contribution in [0.1, 0.15) is 30.1 Å². The van der Waals surface area contributed by atoms with Crippen molar-refractivity contribution < 1.29 is 22.1 Å². The summed E-state index contributed by atoms with van der Waals surface area (Å²) in [4.78, 5) is 11.8. The van der Waals surface area contributed by atoms with Gasteiger partial charge in [0.2, 0.25) is 5.91 Å². The van der Waals surface area contributed by atoms with E-state index in [0.717, 1.165) is 34.4 Å². The molecule has 2 aromatic carbocycles. The average molecular weight is 389 g/mol. The lowest BCUT2D eigenvalue weighted by atomic mass is 10.0. The summed E-state index contributed by atoms with van der Waals surface area (Å²) in [6, 6.07) is 8.73. The van der Waals surface area contributed by atoms with Gasteiger partial charge >= 0.3 is 10.1 Å². The van der Waals surface area contributed by atoms with E-state index in [1.807, 2.05) is 19.1 Å². The van der Waals surface area contributed by atoms with E-state index in [4.69, 9.17) is 8.92 Å². The van der Waals surface area contributed by atoms with E-state index in [2.05, 4.69) is 16.0 Å². The number of hydrogen-bond acceptors (Lipinski definition) is 7. The Balaban J connectivity index is 1.63. The molecule has 8 nitrogen and oxygen atoms in total. The molecule has 1 amide bonds. The average Bonchev–Trinajstić information content (AvgIpc) is 3.12. The molecule has 0 saturated heterocycles. The maximum atomic E-state index is 11.8. The van der Waals surface area contributed by atoms with Crippen LogP contribution in [0.4, 0.5) is 17.1 Å². The third kappa shape index (κ3) is 3.14. The van der Waals surface area contributed by atoms with E-state index in [9.17, 15) is 13.2 Å². The van der Waals surface area contributed by atoms with Crippen LogP contribution in [0.5, 0.6) is 11.5 Å². The summed E-state index contributed by atoms with van der Waals surface area (Å²) in [5, 5.41) is 9.60. The fourth-order valence-corrected chi connectivity index (χ4v) is 3.82. The molecule has 2 heterocycles. The standard InChI is InChI=1S/C18H19N3O5S/c1-9-12-7-14-15(8-13(12)21-18(9)22)20-17(19-14)11-5-4-10(6-16(11)25-2)26-27(3,23)24/h4-9,17,19-20H,1-3H3,(H,21,22). The minimum atomic E-state index is -3.61. The predicted octanol–water partition coefficient (Wildman–Crippen LogP) is 2.63. The number of fused-ring (bicyclic) bond motifs is 2. The highest BCUT2D eigenvalue weighted by atomic mass is 32.2. The lowest BCUT2D eigenvalue weighted by Gasteiger charge is -2.17. The number of carbonyl (C=O) groups excluding carboxylic acids is 1. The number of amides is 1. The molecular weight excluding hydrogens is 370 g/mol. The Kier molecular flexibility index (Phi) is 3.92. The second-order valence-electron chi connectivity index (χ2n) is 6.61. The van der Waals surface area contributed by atoms with Crippen LogP contribution in [0.2, 0.25) is 0 Å². The normalized spacial score (nSPS) is 20.2. The molecule has 0 spiro atoms. The van der Waals surface area contributed by atoms with Gasteiger partial charge in [-0.2, -0.15) is 8.42 Å². The smallest absolute Gasteiger partial charge is 0.306 e. The van der Waals surface area contributed by atoms with Crippen molar-refractivity contribution >= 4 is 33.1 Å². The largest absolute Gasteiger partial charge is 0.496 e. The van der Waals surface area contributed by atoms with Crippen LogP contribution in [0, 0.1) is 0 Å². The minimum absolute atomic E-state index is 0.00615. The van der Waals surface area contributed by atoms with Gasteiger partial charge in [0.1, 0.15) is 17.7 Å². The number of nitrogens with one attached hydrogen (secondary N) is 3. The second-order valence-corrected chi connectivity index (χ2v) is 8.18. The summed E-state index contributed by atoms with van der Waals surface area (Å²) in [5.74, 6) is 0.480. The molecule has 0 bridgehead atoms. The molecular formula is C18H19N3O5S. The zero-order chi connectivity index (χ0) is 19.3. The van der Waals surface area contributed by atoms with Gasteiger partial charge in [0.25, 0.3) is 0 Å². The van der Waals surface area contributed by atoms with Gasteiger partial charge in [-0.05, 0) is 36.8 Å². The first kappa shape index (κ1) is 17.5. The van der Waals surface area contributed by atoms with Gasteiger partial charge in [-0.15, -0.1) is 0 Å². The topological polar surface area (TPSA) is 106 Å². The number of rotatable bonds is 4. The summed E-state index contributed by atoms with van der Waals surface area (Å²) < 4.78 is 33.0. The van der Waals surface area contributed by atoms with Crippen molar-refractivity contribution in [1.82, 2.24) is 0 Å². The van der Waals surface area contributed by atoms with Crippen molar-refractivity contribution in [3.05, 3.63) is 41.5 Å². The van der Waals surface area contributed by atoms with Crippen LogP contribution in [-0.2, 0) is 14.9 Å². The molecule has 2 aliphatic rings. The zero-order valence-corrected chi connectivity index (χ0v) is 15.8. The predicted molar refractivity (Wildman–Crippen MR) is 102 cm³/mol. The van der Waals surface area contributed by atoms with Crippen molar-refractivity contribution in [3.8, 4) is 11.5 Å². The molecule has 142 valence electrons. The van der Waals surface area contributed by atoms with Crippen LogP contribution in [0.15, 0.2) is 30.3 Å². The first-order chi connectivity index (χ1) is 12.7. The molecule has 0 fully saturated rings. The highest BCUT2D eigenvalue weighted by molar-refractivity contribution is 7.86. The van der Waals surface area contributed by atoms with Crippen molar-refractivity contribution in [1.29, 1.82) is 0 Å². The SMILES string of the molecule is COc1cc(OS(C)(=O)=O)ccc1C1Nc2cc3c(cc2N1)C(C)C(=O)N3. The number of methoxy groups -OCH3 is 1. The fourth-order valence-electron chi connectivity index (χ4n) is 3.36. The van der Waals surface area contributed by atoms with Crippen molar-refractivity contribution in [2.75, 3.05) is 29.3 Å². The Labute approximate surface area is 157 Å². The molecule has 9 heteroatoms. The van der Waals surface area contributed by atoms with Gasteiger partial charge in [-0.25, -0.2) is 0 Å². The molecule has 0 aliphatic carbocycles. The summed E-state index contributed by atoms with van der Waals surface area (Å²) in [6.45, 7) is 1.87. The first-order valence-electron chi connectivity index (χ1n) is 8.34. The summed E-state index contributed by atoms with van der Waals surface area (Å²) in [5.41, 5.74) is 4.32.